The summed E-state index contributed by atoms with van der Waals surface area (Å²) in [5, 5.41) is 5.59. The monoisotopic (exact) mass is 528 g/mol. The number of hydrogen-bond donors (Lipinski definition) is 3. The lowest BCUT2D eigenvalue weighted by Gasteiger charge is -2.15. The van der Waals surface area contributed by atoms with Gasteiger partial charge in [-0.3, -0.25) is 9.97 Å². The second kappa shape index (κ2) is 11.0. The van der Waals surface area contributed by atoms with Crippen LogP contribution in [-0.2, 0) is 0 Å². The van der Waals surface area contributed by atoms with Gasteiger partial charge in [0.1, 0.15) is 24.0 Å². The van der Waals surface area contributed by atoms with E-state index in [1.54, 1.807) is 45.8 Å². The summed E-state index contributed by atoms with van der Waals surface area (Å²) < 4.78 is 30.6. The summed E-state index contributed by atoms with van der Waals surface area (Å²) in [6, 6.07) is 12.1. The number of fused-ring (bicyclic) bond motifs is 3. The van der Waals surface area contributed by atoms with Crippen LogP contribution < -0.4 is 31.0 Å². The van der Waals surface area contributed by atoms with Gasteiger partial charge in [0.05, 0.1) is 37.7 Å². The van der Waals surface area contributed by atoms with Gasteiger partial charge in [0.15, 0.2) is 11.5 Å². The molecule has 0 aliphatic carbocycles. The van der Waals surface area contributed by atoms with E-state index in [4.69, 9.17) is 25.7 Å². The summed E-state index contributed by atoms with van der Waals surface area (Å²) in [6.07, 6.45) is 5.01. The van der Waals surface area contributed by atoms with Crippen LogP contribution in [-0.4, -0.2) is 48.4 Å². The number of anilines is 2. The van der Waals surface area contributed by atoms with Crippen LogP contribution in [0.2, 0.25) is 0 Å². The number of nitrogens with one attached hydrogen (secondary N) is 1. The van der Waals surface area contributed by atoms with E-state index in [9.17, 15) is 4.39 Å². The number of benzene rings is 2. The molecule has 0 aliphatic heterocycles. The highest BCUT2D eigenvalue weighted by molar-refractivity contribution is 6.10. The van der Waals surface area contributed by atoms with Crippen molar-refractivity contribution in [2.24, 2.45) is 5.73 Å². The van der Waals surface area contributed by atoms with Crippen LogP contribution in [0.15, 0.2) is 61.1 Å². The zero-order valence-corrected chi connectivity index (χ0v) is 21.9. The van der Waals surface area contributed by atoms with E-state index >= 15 is 0 Å². The van der Waals surface area contributed by atoms with Crippen LogP contribution in [0, 0.1) is 12.7 Å². The number of aryl methyl sites for hydroxylation is 1. The molecule has 3 aromatic heterocycles. The van der Waals surface area contributed by atoms with Gasteiger partial charge in [-0.25, -0.2) is 9.37 Å². The van der Waals surface area contributed by atoms with Crippen molar-refractivity contribution in [3.8, 4) is 28.5 Å². The number of hydrogen-bond acceptors (Lipinski definition) is 9. The Labute approximate surface area is 224 Å². The second-order valence-corrected chi connectivity index (χ2v) is 9.16. The van der Waals surface area contributed by atoms with Crippen molar-refractivity contribution in [2.75, 3.05) is 38.4 Å². The Morgan fingerprint density at radius 2 is 1.74 bits per heavy atom. The van der Waals surface area contributed by atoms with E-state index in [0.717, 1.165) is 27.2 Å². The molecule has 0 amide bonds. The Bertz CT molecular complexity index is 1660. The van der Waals surface area contributed by atoms with E-state index in [2.05, 4.69) is 20.3 Å². The minimum absolute atomic E-state index is 0.234. The SMILES string of the molecule is COc1cc2ncc3c(N)nc(-c4cncc(OC[C@@H](N)CNc5ccc(C)c(F)c5)c4)cc3c2cc1OC. The average Bonchev–Trinajstić information content (AvgIpc) is 2.95. The number of methoxy groups -OCH3 is 2. The maximum atomic E-state index is 13.8. The van der Waals surface area contributed by atoms with Crippen molar-refractivity contribution < 1.29 is 18.6 Å². The Hall–Kier alpha value is -4.70. The molecule has 39 heavy (non-hydrogen) atoms. The number of rotatable bonds is 9. The van der Waals surface area contributed by atoms with Crippen molar-refractivity contribution in [3.05, 3.63) is 72.4 Å². The van der Waals surface area contributed by atoms with Gasteiger partial charge in [-0.15, -0.1) is 0 Å². The first kappa shape index (κ1) is 25.9. The Morgan fingerprint density at radius 1 is 0.949 bits per heavy atom. The van der Waals surface area contributed by atoms with Crippen LogP contribution in [0.3, 0.4) is 0 Å². The summed E-state index contributed by atoms with van der Waals surface area (Å²) in [5.74, 6) is 1.80. The third-order valence-electron chi connectivity index (χ3n) is 6.43. The van der Waals surface area contributed by atoms with Crippen LogP contribution in [0.4, 0.5) is 15.9 Å². The van der Waals surface area contributed by atoms with Gasteiger partial charge in [0.2, 0.25) is 0 Å². The predicted molar refractivity (Wildman–Crippen MR) is 151 cm³/mol. The third kappa shape index (κ3) is 5.46. The quantitative estimate of drug-likeness (QED) is 0.233. The van der Waals surface area contributed by atoms with Crippen LogP contribution in [0.1, 0.15) is 5.56 Å². The summed E-state index contributed by atoms with van der Waals surface area (Å²) >= 11 is 0. The first-order chi connectivity index (χ1) is 18.9. The Morgan fingerprint density at radius 3 is 2.51 bits per heavy atom. The smallest absolute Gasteiger partial charge is 0.162 e. The van der Waals surface area contributed by atoms with E-state index in [-0.39, 0.29) is 18.5 Å². The fraction of sp³-hybridized carbons (Fsp3) is 0.207. The molecule has 0 saturated carbocycles. The van der Waals surface area contributed by atoms with Gasteiger partial charge in [0.25, 0.3) is 0 Å². The van der Waals surface area contributed by atoms with Gasteiger partial charge >= 0.3 is 0 Å². The molecule has 200 valence electrons. The first-order valence-electron chi connectivity index (χ1n) is 12.3. The van der Waals surface area contributed by atoms with Gasteiger partial charge in [-0.1, -0.05) is 6.07 Å². The fourth-order valence-electron chi connectivity index (χ4n) is 4.26. The van der Waals surface area contributed by atoms with Gasteiger partial charge < -0.3 is 31.0 Å². The molecule has 0 bridgehead atoms. The molecule has 5 aromatic rings. The molecule has 5 rings (SSSR count). The van der Waals surface area contributed by atoms with Gasteiger partial charge in [0, 0.05) is 47.0 Å². The molecule has 10 heteroatoms. The van der Waals surface area contributed by atoms with E-state index in [1.807, 2.05) is 30.3 Å². The summed E-state index contributed by atoms with van der Waals surface area (Å²) in [6.45, 7) is 2.36. The number of nitrogens with zero attached hydrogens (tertiary/aromatic N) is 3. The summed E-state index contributed by atoms with van der Waals surface area (Å²) in [4.78, 5) is 13.4. The number of nitrogens with two attached hydrogens (primary N) is 2. The topological polar surface area (TPSA) is 130 Å². The number of halogens is 1. The number of ether oxygens (including phenoxy) is 3. The second-order valence-electron chi connectivity index (χ2n) is 9.16. The van der Waals surface area contributed by atoms with Crippen molar-refractivity contribution in [1.82, 2.24) is 15.0 Å². The van der Waals surface area contributed by atoms with Crippen LogP contribution in [0.5, 0.6) is 17.2 Å². The third-order valence-corrected chi connectivity index (χ3v) is 6.43. The number of aromatic nitrogens is 3. The molecule has 0 radical (unpaired) electrons. The summed E-state index contributed by atoms with van der Waals surface area (Å²) in [7, 11) is 3.17. The van der Waals surface area contributed by atoms with Crippen LogP contribution in [0.25, 0.3) is 32.9 Å². The van der Waals surface area contributed by atoms with Crippen molar-refractivity contribution >= 4 is 33.2 Å². The molecule has 5 N–H and O–H groups in total. The van der Waals surface area contributed by atoms with Crippen LogP contribution >= 0.6 is 0 Å². The molecule has 1 atom stereocenters. The normalized spacial score (nSPS) is 11.9. The zero-order chi connectivity index (χ0) is 27.5. The van der Waals surface area contributed by atoms with Gasteiger partial charge in [-0.2, -0.15) is 0 Å². The molecule has 0 spiro atoms. The average molecular weight is 529 g/mol. The highest BCUT2D eigenvalue weighted by Crippen LogP contribution is 2.37. The molecule has 0 aliphatic rings. The summed E-state index contributed by atoms with van der Waals surface area (Å²) in [5.41, 5.74) is 15.9. The molecule has 3 heterocycles. The van der Waals surface area contributed by atoms with E-state index < -0.39 is 0 Å². The van der Waals surface area contributed by atoms with E-state index in [0.29, 0.717) is 46.6 Å². The van der Waals surface area contributed by atoms with Crippen molar-refractivity contribution in [1.29, 1.82) is 0 Å². The Kier molecular flexibility index (Phi) is 7.29. The lowest BCUT2D eigenvalue weighted by molar-refractivity contribution is 0.292. The van der Waals surface area contributed by atoms with Crippen molar-refractivity contribution in [3.63, 3.8) is 0 Å². The maximum absolute atomic E-state index is 13.8. The highest BCUT2D eigenvalue weighted by Gasteiger charge is 2.14. The van der Waals surface area contributed by atoms with E-state index in [1.165, 1.54) is 6.07 Å². The molecule has 0 saturated heterocycles. The fourth-order valence-corrected chi connectivity index (χ4v) is 4.26. The van der Waals surface area contributed by atoms with Gasteiger partial charge in [-0.05, 0) is 48.2 Å². The number of nitrogen functional groups attached to an aromatic ring is 1. The molecule has 9 nitrogen and oxygen atoms in total. The first-order valence-corrected chi connectivity index (χ1v) is 12.3. The standard InChI is InChI=1S/C29H29FN6O3/c1-16-4-5-19(7-24(16)30)34-12-18(31)15-39-20-6-17(11-33-13-20)25-8-21-22-9-27(37-2)28(38-3)10-26(22)35-14-23(21)29(32)36-25/h4-11,13-14,18,34H,12,15,31H2,1-3H3,(H2,32,36)/t18-/m0/s1. The molecular weight excluding hydrogens is 499 g/mol. The maximum Gasteiger partial charge on any atom is 0.162 e. The minimum Gasteiger partial charge on any atom is -0.493 e. The molecule has 0 fully saturated rings. The predicted octanol–water partition coefficient (Wildman–Crippen LogP) is 4.71. The molecule has 0 unspecified atom stereocenters. The van der Waals surface area contributed by atoms with Crippen molar-refractivity contribution in [2.45, 2.75) is 13.0 Å². The lowest BCUT2D eigenvalue weighted by atomic mass is 10.0. The largest absolute Gasteiger partial charge is 0.493 e. The zero-order valence-electron chi connectivity index (χ0n) is 21.9. The number of pyridine rings is 3. The minimum atomic E-state index is -0.335. The Balaban J connectivity index is 1.36. The molecular formula is C29H29FN6O3. The lowest BCUT2D eigenvalue weighted by Crippen LogP contribution is -2.35. The molecule has 2 aromatic carbocycles. The highest BCUT2D eigenvalue weighted by atomic mass is 19.1.